The Balaban J connectivity index is 1.56. The molecular weight excluding hydrogens is 344 g/mol. The number of halogens is 1. The van der Waals surface area contributed by atoms with Gasteiger partial charge in [0.05, 0.1) is 16.1 Å². The zero-order valence-electron chi connectivity index (χ0n) is 12.8. The normalized spacial score (nSPS) is 11.1. The average Bonchev–Trinajstić information content (AvgIpc) is 3.01. The molecule has 0 saturated heterocycles. The van der Waals surface area contributed by atoms with E-state index in [-0.39, 0.29) is 17.8 Å². The lowest BCUT2D eigenvalue weighted by Gasteiger charge is -2.03. The number of imidazole rings is 1. The van der Waals surface area contributed by atoms with Crippen LogP contribution >= 0.6 is 11.6 Å². The number of hydrogen-bond donors (Lipinski definition) is 0. The first-order chi connectivity index (χ1) is 12.1. The number of nitrogens with zero attached hydrogens (tertiary/aromatic N) is 2. The van der Waals surface area contributed by atoms with Gasteiger partial charge in [-0.25, -0.2) is 9.78 Å². The number of esters is 1. The molecule has 0 amide bonds. The summed E-state index contributed by atoms with van der Waals surface area (Å²) in [6.45, 7) is -0.0470. The largest absolute Gasteiger partial charge is 0.453 e. The highest BCUT2D eigenvalue weighted by atomic mass is 35.5. The van der Waals surface area contributed by atoms with Gasteiger partial charge in [0.25, 0.3) is 0 Å². The Labute approximate surface area is 146 Å². The number of benzene rings is 1. The highest BCUT2D eigenvalue weighted by Crippen LogP contribution is 2.15. The van der Waals surface area contributed by atoms with E-state index in [4.69, 9.17) is 20.8 Å². The molecule has 0 radical (unpaired) electrons. The van der Waals surface area contributed by atoms with Crippen molar-refractivity contribution in [2.45, 2.75) is 6.61 Å². The van der Waals surface area contributed by atoms with E-state index in [9.17, 15) is 9.59 Å². The lowest BCUT2D eigenvalue weighted by Crippen LogP contribution is -2.10. The molecule has 0 fully saturated rings. The summed E-state index contributed by atoms with van der Waals surface area (Å²) in [5.41, 5.74) is 1.28. The zero-order valence-corrected chi connectivity index (χ0v) is 13.6. The van der Waals surface area contributed by atoms with E-state index >= 15 is 0 Å². The smallest absolute Gasteiger partial charge is 0.374 e. The van der Waals surface area contributed by atoms with Gasteiger partial charge in [-0.1, -0.05) is 23.7 Å². The summed E-state index contributed by atoms with van der Waals surface area (Å²) in [7, 11) is 0. The van der Waals surface area contributed by atoms with Crippen molar-refractivity contribution < 1.29 is 13.9 Å². The monoisotopic (exact) mass is 354 g/mol. The molecule has 1 aromatic carbocycles. The molecule has 4 aromatic rings. The van der Waals surface area contributed by atoms with Crippen LogP contribution in [0.1, 0.15) is 16.2 Å². The summed E-state index contributed by atoms with van der Waals surface area (Å²) in [6.07, 6.45) is 3.42. The van der Waals surface area contributed by atoms with E-state index in [2.05, 4.69) is 4.98 Å². The second-order valence-electron chi connectivity index (χ2n) is 5.39. The van der Waals surface area contributed by atoms with Crippen LogP contribution in [0.15, 0.2) is 64.1 Å². The molecule has 25 heavy (non-hydrogen) atoms. The van der Waals surface area contributed by atoms with Crippen LogP contribution in [0, 0.1) is 0 Å². The van der Waals surface area contributed by atoms with Gasteiger partial charge in [-0.3, -0.25) is 4.79 Å². The molecule has 0 aliphatic carbocycles. The molecular formula is C18H11ClN2O4. The van der Waals surface area contributed by atoms with Crippen molar-refractivity contribution in [2.24, 2.45) is 0 Å². The Morgan fingerprint density at radius 3 is 2.92 bits per heavy atom. The highest BCUT2D eigenvalue weighted by Gasteiger charge is 2.14. The van der Waals surface area contributed by atoms with E-state index in [1.165, 1.54) is 0 Å². The molecule has 0 N–H and O–H groups in total. The maximum absolute atomic E-state index is 12.2. The van der Waals surface area contributed by atoms with Crippen LogP contribution in [-0.2, 0) is 11.3 Å². The molecule has 0 unspecified atom stereocenters. The predicted molar refractivity (Wildman–Crippen MR) is 91.8 cm³/mol. The molecule has 0 spiro atoms. The highest BCUT2D eigenvalue weighted by molar-refractivity contribution is 6.30. The van der Waals surface area contributed by atoms with Crippen molar-refractivity contribution >= 4 is 34.2 Å². The Bertz CT molecular complexity index is 1160. The van der Waals surface area contributed by atoms with Gasteiger partial charge in [-0.15, -0.1) is 0 Å². The number of aromatic nitrogens is 2. The molecule has 0 aliphatic heterocycles. The van der Waals surface area contributed by atoms with Crippen LogP contribution in [0.4, 0.5) is 0 Å². The predicted octanol–water partition coefficient (Wildman–Crippen LogP) is 3.45. The fraction of sp³-hybridized carbons (Fsp3) is 0.0556. The number of fused-ring (bicyclic) bond motifs is 2. The Morgan fingerprint density at radius 2 is 2.04 bits per heavy atom. The number of carbonyl (C=O) groups excluding carboxylic acids is 1. The SMILES string of the molecule is O=C(OCc1cn2cc(Cl)ccc2n1)c1cc(=O)c2ccccc2o1. The minimum Gasteiger partial charge on any atom is -0.453 e. The second kappa shape index (κ2) is 6.07. The Kier molecular flexibility index (Phi) is 3.74. The van der Waals surface area contributed by atoms with E-state index in [0.717, 1.165) is 6.07 Å². The summed E-state index contributed by atoms with van der Waals surface area (Å²) in [6, 6.07) is 11.3. The van der Waals surface area contributed by atoms with E-state index < -0.39 is 5.97 Å². The summed E-state index contributed by atoms with van der Waals surface area (Å²) in [4.78, 5) is 28.5. The minimum absolute atomic E-state index is 0.0470. The molecule has 0 saturated carbocycles. The first-order valence-electron chi connectivity index (χ1n) is 7.43. The van der Waals surface area contributed by atoms with E-state index in [1.54, 1.807) is 53.2 Å². The molecule has 3 heterocycles. The van der Waals surface area contributed by atoms with Crippen LogP contribution in [0.2, 0.25) is 5.02 Å². The van der Waals surface area contributed by atoms with Crippen LogP contribution in [0.25, 0.3) is 16.6 Å². The first kappa shape index (κ1) is 15.4. The van der Waals surface area contributed by atoms with Crippen molar-refractivity contribution in [1.82, 2.24) is 9.38 Å². The molecule has 0 aliphatic rings. The topological polar surface area (TPSA) is 73.8 Å². The van der Waals surface area contributed by atoms with Gasteiger partial charge in [0.1, 0.15) is 17.8 Å². The van der Waals surface area contributed by atoms with Crippen molar-refractivity contribution in [1.29, 1.82) is 0 Å². The van der Waals surface area contributed by atoms with Gasteiger partial charge >= 0.3 is 5.97 Å². The lowest BCUT2D eigenvalue weighted by atomic mass is 10.2. The number of carbonyl (C=O) groups is 1. The number of pyridine rings is 1. The first-order valence-corrected chi connectivity index (χ1v) is 7.81. The molecule has 3 aromatic heterocycles. The Morgan fingerprint density at radius 1 is 1.20 bits per heavy atom. The number of para-hydroxylation sites is 1. The zero-order chi connectivity index (χ0) is 17.4. The van der Waals surface area contributed by atoms with Gasteiger partial charge in [0.2, 0.25) is 5.76 Å². The van der Waals surface area contributed by atoms with Gasteiger partial charge < -0.3 is 13.6 Å². The van der Waals surface area contributed by atoms with E-state index in [1.807, 2.05) is 0 Å². The summed E-state index contributed by atoms with van der Waals surface area (Å²) in [5.74, 6) is -0.867. The number of ether oxygens (including phenoxy) is 1. The fourth-order valence-electron chi connectivity index (χ4n) is 2.50. The van der Waals surface area contributed by atoms with Gasteiger partial charge in [0.15, 0.2) is 5.43 Å². The summed E-state index contributed by atoms with van der Waals surface area (Å²) in [5, 5.41) is 0.989. The third-order valence-corrected chi connectivity index (χ3v) is 3.88. The van der Waals surface area contributed by atoms with Gasteiger partial charge in [0, 0.05) is 18.5 Å². The number of rotatable bonds is 3. The standard InChI is InChI=1S/C18H11ClN2O4/c19-11-5-6-17-20-12(9-21(17)8-11)10-24-18(23)16-7-14(22)13-3-1-2-4-15(13)25-16/h1-9H,10H2. The van der Waals surface area contributed by atoms with Crippen LogP contribution in [0.5, 0.6) is 0 Å². The van der Waals surface area contributed by atoms with Crippen molar-refractivity contribution in [2.75, 3.05) is 0 Å². The minimum atomic E-state index is -0.724. The fourth-order valence-corrected chi connectivity index (χ4v) is 2.67. The van der Waals surface area contributed by atoms with Crippen LogP contribution < -0.4 is 5.43 Å². The molecule has 6 nitrogen and oxygen atoms in total. The average molecular weight is 355 g/mol. The molecule has 124 valence electrons. The maximum Gasteiger partial charge on any atom is 0.374 e. The third-order valence-electron chi connectivity index (χ3n) is 3.65. The molecule has 4 rings (SSSR count). The Hall–Kier alpha value is -3.12. The third kappa shape index (κ3) is 2.99. The van der Waals surface area contributed by atoms with Crippen molar-refractivity contribution in [3.63, 3.8) is 0 Å². The van der Waals surface area contributed by atoms with Crippen LogP contribution in [-0.4, -0.2) is 15.4 Å². The lowest BCUT2D eigenvalue weighted by molar-refractivity contribution is 0.0432. The molecule has 0 atom stereocenters. The summed E-state index contributed by atoms with van der Waals surface area (Å²) >= 11 is 5.92. The molecule has 0 bridgehead atoms. The van der Waals surface area contributed by atoms with Crippen molar-refractivity contribution in [3.05, 3.63) is 81.6 Å². The maximum atomic E-state index is 12.2. The number of hydrogen-bond acceptors (Lipinski definition) is 5. The van der Waals surface area contributed by atoms with Crippen molar-refractivity contribution in [3.8, 4) is 0 Å². The van der Waals surface area contributed by atoms with Crippen LogP contribution in [0.3, 0.4) is 0 Å². The second-order valence-corrected chi connectivity index (χ2v) is 5.83. The van der Waals surface area contributed by atoms with Gasteiger partial charge in [-0.05, 0) is 24.3 Å². The summed E-state index contributed by atoms with van der Waals surface area (Å²) < 4.78 is 12.4. The quantitative estimate of drug-likeness (QED) is 0.527. The van der Waals surface area contributed by atoms with E-state index in [0.29, 0.717) is 27.3 Å². The van der Waals surface area contributed by atoms with Gasteiger partial charge in [-0.2, -0.15) is 0 Å². The molecule has 7 heteroatoms.